The van der Waals surface area contributed by atoms with Gasteiger partial charge in [0.2, 0.25) is 0 Å². The number of benzene rings is 1. The van der Waals surface area contributed by atoms with Crippen LogP contribution >= 0.6 is 0 Å². The minimum absolute atomic E-state index is 0.0979. The second-order valence-electron chi connectivity index (χ2n) is 9.41. The van der Waals surface area contributed by atoms with Gasteiger partial charge in [0.25, 0.3) is 0 Å². The van der Waals surface area contributed by atoms with E-state index in [1.54, 1.807) is 12.1 Å². The number of hydrogen-bond acceptors (Lipinski definition) is 3. The van der Waals surface area contributed by atoms with Crippen molar-refractivity contribution in [2.24, 2.45) is 11.3 Å². The van der Waals surface area contributed by atoms with E-state index in [-0.39, 0.29) is 17.3 Å². The molecule has 1 aliphatic heterocycles. The lowest BCUT2D eigenvalue weighted by Gasteiger charge is -2.51. The van der Waals surface area contributed by atoms with Gasteiger partial charge in [0.1, 0.15) is 5.82 Å². The number of aromatic nitrogens is 2. The van der Waals surface area contributed by atoms with Gasteiger partial charge < -0.3 is 9.47 Å². The summed E-state index contributed by atoms with van der Waals surface area (Å²) in [5, 5.41) is 4.64. The van der Waals surface area contributed by atoms with Crippen LogP contribution in [0.5, 0.6) is 0 Å². The summed E-state index contributed by atoms with van der Waals surface area (Å²) >= 11 is 0. The summed E-state index contributed by atoms with van der Waals surface area (Å²) in [5.74, 6) is -0.437. The molecule has 4 aliphatic rings. The fourth-order valence-corrected chi connectivity index (χ4v) is 5.84. The van der Waals surface area contributed by atoms with Crippen molar-refractivity contribution in [1.29, 1.82) is 0 Å². The second-order valence-corrected chi connectivity index (χ2v) is 9.41. The van der Waals surface area contributed by atoms with Gasteiger partial charge >= 0.3 is 0 Å². The van der Waals surface area contributed by atoms with Gasteiger partial charge in [0, 0.05) is 17.8 Å². The third kappa shape index (κ3) is 2.90. The van der Waals surface area contributed by atoms with Gasteiger partial charge in [-0.05, 0) is 61.6 Å². The van der Waals surface area contributed by atoms with E-state index in [9.17, 15) is 4.39 Å². The van der Waals surface area contributed by atoms with E-state index in [1.165, 1.54) is 23.3 Å². The molecule has 2 fully saturated rings. The van der Waals surface area contributed by atoms with Crippen molar-refractivity contribution in [3.8, 4) is 5.69 Å². The van der Waals surface area contributed by atoms with Gasteiger partial charge in [-0.25, -0.2) is 9.07 Å². The quantitative estimate of drug-likeness (QED) is 0.657. The second kappa shape index (κ2) is 7.01. The molecule has 1 aromatic carbocycles. The number of halogens is 1. The number of nitrogens with zero attached hydrogens (tertiary/aromatic N) is 2. The van der Waals surface area contributed by atoms with E-state index in [0.29, 0.717) is 12.5 Å². The van der Waals surface area contributed by atoms with E-state index >= 15 is 0 Å². The van der Waals surface area contributed by atoms with Crippen molar-refractivity contribution < 1.29 is 13.9 Å². The molecule has 2 unspecified atom stereocenters. The first kappa shape index (κ1) is 19.2. The van der Waals surface area contributed by atoms with E-state index in [4.69, 9.17) is 9.47 Å². The molecule has 5 heteroatoms. The standard InChI is InChI=1S/C26H27FN2O2/c1-25-15-19-16-28-29(22-11-9-21(27)10-12-22)23(19)14-20(25)8-5-13-26(25)30-17-24(31-26)18-6-3-2-4-7-18/h2-4,6,9-12,14,16,18,24H,5,7-8,13,15,17H2,1H3/t18?,24-,25-,26?/m0/s1. The third-order valence-electron chi connectivity index (χ3n) is 7.63. The van der Waals surface area contributed by atoms with Gasteiger partial charge in [0.15, 0.2) is 5.79 Å². The van der Waals surface area contributed by atoms with Crippen LogP contribution in [0.4, 0.5) is 4.39 Å². The molecule has 0 N–H and O–H groups in total. The van der Waals surface area contributed by atoms with Crippen LogP contribution in [0.25, 0.3) is 11.8 Å². The Hall–Kier alpha value is -2.50. The van der Waals surface area contributed by atoms with Crippen molar-refractivity contribution in [3.63, 3.8) is 0 Å². The van der Waals surface area contributed by atoms with E-state index < -0.39 is 5.79 Å². The fourth-order valence-electron chi connectivity index (χ4n) is 5.84. The Balaban J connectivity index is 1.34. The zero-order valence-electron chi connectivity index (χ0n) is 17.8. The molecule has 1 saturated heterocycles. The molecular formula is C26H27FN2O2. The summed E-state index contributed by atoms with van der Waals surface area (Å²) in [6.45, 7) is 2.95. The van der Waals surface area contributed by atoms with Gasteiger partial charge in [-0.2, -0.15) is 5.10 Å². The first-order valence-corrected chi connectivity index (χ1v) is 11.3. The van der Waals surface area contributed by atoms with Gasteiger partial charge in [-0.15, -0.1) is 0 Å². The summed E-state index contributed by atoms with van der Waals surface area (Å²) in [7, 11) is 0. The molecule has 0 amide bonds. The minimum atomic E-state index is -0.577. The highest BCUT2D eigenvalue weighted by Crippen LogP contribution is 2.57. The van der Waals surface area contributed by atoms with Crippen LogP contribution in [0.15, 0.2) is 60.3 Å². The van der Waals surface area contributed by atoms with E-state index in [0.717, 1.165) is 43.5 Å². The summed E-state index contributed by atoms with van der Waals surface area (Å²) in [6.07, 6.45) is 17.9. The average molecular weight is 419 g/mol. The lowest BCUT2D eigenvalue weighted by molar-refractivity contribution is -0.244. The number of rotatable bonds is 2. The van der Waals surface area contributed by atoms with Gasteiger partial charge in [0.05, 0.1) is 30.3 Å². The molecule has 2 heterocycles. The number of fused-ring (bicyclic) bond motifs is 3. The fraction of sp³-hybridized carbons (Fsp3) is 0.423. The Labute approximate surface area is 182 Å². The number of ether oxygens (including phenoxy) is 2. The monoisotopic (exact) mass is 418 g/mol. The number of allylic oxidation sites excluding steroid dienone is 3. The molecule has 0 radical (unpaired) electrons. The molecule has 0 bridgehead atoms. The predicted octanol–water partition coefficient (Wildman–Crippen LogP) is 5.39. The van der Waals surface area contributed by atoms with Crippen LogP contribution in [0.2, 0.25) is 0 Å². The molecule has 4 atom stereocenters. The topological polar surface area (TPSA) is 36.3 Å². The third-order valence-corrected chi connectivity index (χ3v) is 7.63. The largest absolute Gasteiger partial charge is 0.346 e. The number of hydrogen-bond donors (Lipinski definition) is 0. The molecule has 1 spiro atoms. The normalized spacial score (nSPS) is 33.9. The van der Waals surface area contributed by atoms with Crippen LogP contribution in [-0.2, 0) is 15.9 Å². The Morgan fingerprint density at radius 1 is 1.19 bits per heavy atom. The Kier molecular flexibility index (Phi) is 4.34. The Morgan fingerprint density at radius 2 is 2.06 bits per heavy atom. The van der Waals surface area contributed by atoms with Crippen LogP contribution < -0.4 is 0 Å². The molecule has 6 rings (SSSR count). The molecule has 160 valence electrons. The maximum absolute atomic E-state index is 13.4. The van der Waals surface area contributed by atoms with Crippen LogP contribution in [0.3, 0.4) is 0 Å². The van der Waals surface area contributed by atoms with Gasteiger partial charge in [-0.1, -0.05) is 36.8 Å². The van der Waals surface area contributed by atoms with Crippen molar-refractivity contribution in [3.05, 3.63) is 77.4 Å². The summed E-state index contributed by atoms with van der Waals surface area (Å²) in [6, 6.07) is 6.51. The molecule has 31 heavy (non-hydrogen) atoms. The molecule has 2 aromatic rings. The highest BCUT2D eigenvalue weighted by molar-refractivity contribution is 5.62. The lowest BCUT2D eigenvalue weighted by atomic mass is 9.62. The zero-order valence-corrected chi connectivity index (χ0v) is 17.8. The molecule has 1 aromatic heterocycles. The van der Waals surface area contributed by atoms with Crippen molar-refractivity contribution in [2.45, 2.75) is 50.9 Å². The van der Waals surface area contributed by atoms with Crippen molar-refractivity contribution in [1.82, 2.24) is 9.78 Å². The minimum Gasteiger partial charge on any atom is -0.346 e. The highest BCUT2D eigenvalue weighted by atomic mass is 19.1. The van der Waals surface area contributed by atoms with Crippen LogP contribution in [-0.4, -0.2) is 28.3 Å². The predicted molar refractivity (Wildman–Crippen MR) is 117 cm³/mol. The van der Waals surface area contributed by atoms with Gasteiger partial charge in [-0.3, -0.25) is 0 Å². The first-order valence-electron chi connectivity index (χ1n) is 11.3. The Bertz CT molecular complexity index is 1100. The molecular weight excluding hydrogens is 391 g/mol. The summed E-state index contributed by atoms with van der Waals surface area (Å²) in [4.78, 5) is 0. The van der Waals surface area contributed by atoms with Crippen LogP contribution in [0.1, 0.15) is 43.9 Å². The lowest BCUT2D eigenvalue weighted by Crippen LogP contribution is -2.53. The highest BCUT2D eigenvalue weighted by Gasteiger charge is 2.60. The smallest absolute Gasteiger partial charge is 0.178 e. The van der Waals surface area contributed by atoms with Crippen molar-refractivity contribution >= 4 is 6.08 Å². The molecule has 4 nitrogen and oxygen atoms in total. The zero-order chi connectivity index (χ0) is 21.1. The first-order chi connectivity index (χ1) is 15.1. The SMILES string of the molecule is C[C@]12Cc3cnn(-c4ccc(F)cc4)c3C=C1CCCC21OC[C@@H](C2C=CC=CC2)O1. The maximum atomic E-state index is 13.4. The van der Waals surface area contributed by atoms with E-state index in [1.807, 2.05) is 10.9 Å². The maximum Gasteiger partial charge on any atom is 0.178 e. The summed E-state index contributed by atoms with van der Waals surface area (Å²) in [5.41, 5.74) is 4.31. The molecule has 3 aliphatic carbocycles. The van der Waals surface area contributed by atoms with E-state index in [2.05, 4.69) is 42.4 Å². The average Bonchev–Trinajstić information content (AvgIpc) is 3.40. The van der Waals surface area contributed by atoms with Crippen LogP contribution in [0, 0.1) is 17.2 Å². The Morgan fingerprint density at radius 3 is 2.87 bits per heavy atom. The summed E-state index contributed by atoms with van der Waals surface area (Å²) < 4.78 is 28.7. The van der Waals surface area contributed by atoms with Crippen molar-refractivity contribution in [2.75, 3.05) is 6.61 Å². The molecule has 1 saturated carbocycles.